The van der Waals surface area contributed by atoms with Crippen LogP contribution in [0.1, 0.15) is 6.92 Å². The summed E-state index contributed by atoms with van der Waals surface area (Å²) >= 11 is 5.28. The van der Waals surface area contributed by atoms with E-state index in [0.717, 1.165) is 0 Å². The lowest BCUT2D eigenvalue weighted by atomic mass is 10.2. The Hall–Kier alpha value is 0.0900. The van der Waals surface area contributed by atoms with E-state index in [1.54, 1.807) is 6.92 Å². The van der Waals surface area contributed by atoms with Gasteiger partial charge < -0.3 is 14.9 Å². The molecule has 2 N–H and O–H groups in total. The Kier molecular flexibility index (Phi) is 8.32. The van der Waals surface area contributed by atoms with Crippen molar-refractivity contribution in [3.8, 4) is 0 Å². The Balaban J connectivity index is 3.65. The molecule has 0 aromatic carbocycles. The first-order chi connectivity index (χ1) is 7.02. The molecule has 4 nitrogen and oxygen atoms in total. The molecule has 0 rings (SSSR count). The van der Waals surface area contributed by atoms with Crippen LogP contribution < -0.4 is 0 Å². The summed E-state index contributed by atoms with van der Waals surface area (Å²) in [5, 5.41) is 18.6. The standard InChI is InChI=1S/C9H18O4S2/c1-6(9(12)13-2)4-15-5-8(11)7(10)3-14/h6-8,10-11,14H,3-5H2,1-2H3. The fraction of sp³-hybridized carbons (Fsp3) is 0.889. The number of thioether (sulfide) groups is 1. The van der Waals surface area contributed by atoms with Gasteiger partial charge in [-0.2, -0.15) is 24.4 Å². The van der Waals surface area contributed by atoms with Crippen LogP contribution in [0.2, 0.25) is 0 Å². The number of esters is 1. The van der Waals surface area contributed by atoms with Gasteiger partial charge in [-0.25, -0.2) is 0 Å². The fourth-order valence-corrected chi connectivity index (χ4v) is 2.20. The molecule has 0 saturated heterocycles. The summed E-state index contributed by atoms with van der Waals surface area (Å²) in [7, 11) is 1.35. The van der Waals surface area contributed by atoms with Crippen molar-refractivity contribution >= 4 is 30.4 Å². The quantitative estimate of drug-likeness (QED) is 0.447. The van der Waals surface area contributed by atoms with Gasteiger partial charge in [0.15, 0.2) is 0 Å². The van der Waals surface area contributed by atoms with E-state index in [1.807, 2.05) is 0 Å². The molecule has 0 amide bonds. The van der Waals surface area contributed by atoms with Crippen LogP contribution in [0.4, 0.5) is 0 Å². The van der Waals surface area contributed by atoms with E-state index in [1.165, 1.54) is 18.9 Å². The first-order valence-corrected chi connectivity index (χ1v) is 6.44. The van der Waals surface area contributed by atoms with Crippen molar-refractivity contribution < 1.29 is 19.7 Å². The maximum Gasteiger partial charge on any atom is 0.309 e. The van der Waals surface area contributed by atoms with Gasteiger partial charge in [0.25, 0.3) is 0 Å². The van der Waals surface area contributed by atoms with Crippen molar-refractivity contribution in [3.05, 3.63) is 0 Å². The number of hydrogen-bond donors (Lipinski definition) is 3. The number of thiol groups is 1. The van der Waals surface area contributed by atoms with Crippen molar-refractivity contribution in [2.24, 2.45) is 5.92 Å². The largest absolute Gasteiger partial charge is 0.469 e. The van der Waals surface area contributed by atoms with E-state index in [2.05, 4.69) is 17.4 Å². The summed E-state index contributed by atoms with van der Waals surface area (Å²) in [5.41, 5.74) is 0. The van der Waals surface area contributed by atoms with E-state index in [4.69, 9.17) is 0 Å². The number of aliphatic hydroxyl groups is 2. The van der Waals surface area contributed by atoms with Crippen LogP contribution in [0.5, 0.6) is 0 Å². The second-order valence-corrected chi connectivity index (χ2v) is 4.72. The SMILES string of the molecule is COC(=O)C(C)CSCC(O)C(O)CS. The first kappa shape index (κ1) is 15.1. The van der Waals surface area contributed by atoms with Crippen LogP contribution in [0.15, 0.2) is 0 Å². The molecule has 0 saturated carbocycles. The van der Waals surface area contributed by atoms with Crippen molar-refractivity contribution in [3.63, 3.8) is 0 Å². The van der Waals surface area contributed by atoms with Gasteiger partial charge in [-0.15, -0.1) is 0 Å². The summed E-state index contributed by atoms with van der Waals surface area (Å²) in [6.45, 7) is 1.76. The average Bonchev–Trinajstić information content (AvgIpc) is 2.26. The van der Waals surface area contributed by atoms with Gasteiger partial charge in [0.05, 0.1) is 25.2 Å². The van der Waals surface area contributed by atoms with Gasteiger partial charge in [-0.3, -0.25) is 4.79 Å². The molecule has 0 heterocycles. The number of rotatable bonds is 7. The topological polar surface area (TPSA) is 66.8 Å². The Morgan fingerprint density at radius 1 is 1.40 bits per heavy atom. The van der Waals surface area contributed by atoms with Gasteiger partial charge >= 0.3 is 5.97 Å². The van der Waals surface area contributed by atoms with E-state index in [9.17, 15) is 15.0 Å². The number of methoxy groups -OCH3 is 1. The smallest absolute Gasteiger partial charge is 0.309 e. The fourth-order valence-electron chi connectivity index (χ4n) is 0.868. The Morgan fingerprint density at radius 2 is 2.00 bits per heavy atom. The normalized spacial score (nSPS) is 16.9. The lowest BCUT2D eigenvalue weighted by Crippen LogP contribution is -2.30. The third kappa shape index (κ3) is 6.29. The molecular formula is C9H18O4S2. The third-order valence-electron chi connectivity index (χ3n) is 1.89. The van der Waals surface area contributed by atoms with Gasteiger partial charge in [0.2, 0.25) is 0 Å². The Labute approximate surface area is 99.8 Å². The molecule has 0 aliphatic carbocycles. The maximum absolute atomic E-state index is 11.0. The molecule has 0 bridgehead atoms. The number of carbonyl (C=O) groups excluding carboxylic acids is 1. The van der Waals surface area contributed by atoms with Crippen LogP contribution in [-0.4, -0.2) is 52.8 Å². The van der Waals surface area contributed by atoms with Crippen molar-refractivity contribution in [1.82, 2.24) is 0 Å². The van der Waals surface area contributed by atoms with Gasteiger partial charge in [-0.1, -0.05) is 6.92 Å². The highest BCUT2D eigenvalue weighted by Crippen LogP contribution is 2.12. The van der Waals surface area contributed by atoms with E-state index < -0.39 is 12.2 Å². The zero-order valence-electron chi connectivity index (χ0n) is 8.92. The summed E-state index contributed by atoms with van der Waals surface area (Å²) in [6.07, 6.45) is -1.60. The summed E-state index contributed by atoms with van der Waals surface area (Å²) in [6, 6.07) is 0. The van der Waals surface area contributed by atoms with Crippen LogP contribution in [0.3, 0.4) is 0 Å². The number of carbonyl (C=O) groups is 1. The molecular weight excluding hydrogens is 236 g/mol. The van der Waals surface area contributed by atoms with E-state index >= 15 is 0 Å². The summed E-state index contributed by atoms with van der Waals surface area (Å²) in [5.74, 6) is 0.743. The number of aliphatic hydroxyl groups excluding tert-OH is 2. The molecule has 6 heteroatoms. The highest BCUT2D eigenvalue weighted by atomic mass is 32.2. The minimum Gasteiger partial charge on any atom is -0.469 e. The second kappa shape index (κ2) is 8.27. The highest BCUT2D eigenvalue weighted by Gasteiger charge is 2.17. The second-order valence-electron chi connectivity index (χ2n) is 3.28. The molecule has 0 aliphatic rings. The summed E-state index contributed by atoms with van der Waals surface area (Å²) in [4.78, 5) is 11.0. The molecule has 90 valence electrons. The number of hydrogen-bond acceptors (Lipinski definition) is 6. The third-order valence-corrected chi connectivity index (χ3v) is 3.58. The van der Waals surface area contributed by atoms with Gasteiger partial charge in [0.1, 0.15) is 0 Å². The molecule has 0 aromatic rings. The maximum atomic E-state index is 11.0. The predicted octanol–water partition coefficient (Wildman–Crippen LogP) is 0.180. The van der Waals surface area contributed by atoms with Crippen LogP contribution in [0.25, 0.3) is 0 Å². The van der Waals surface area contributed by atoms with Gasteiger partial charge in [0, 0.05) is 17.3 Å². The first-order valence-electron chi connectivity index (χ1n) is 4.65. The van der Waals surface area contributed by atoms with Crippen molar-refractivity contribution in [1.29, 1.82) is 0 Å². The lowest BCUT2D eigenvalue weighted by Gasteiger charge is -2.16. The van der Waals surface area contributed by atoms with E-state index in [-0.39, 0.29) is 17.6 Å². The Morgan fingerprint density at radius 3 is 2.47 bits per heavy atom. The minimum atomic E-state index is -0.811. The zero-order chi connectivity index (χ0) is 11.8. The molecule has 0 aromatic heterocycles. The molecule has 3 atom stereocenters. The van der Waals surface area contributed by atoms with Crippen molar-refractivity contribution in [2.45, 2.75) is 19.1 Å². The predicted molar refractivity (Wildman–Crippen MR) is 64.4 cm³/mol. The van der Waals surface area contributed by atoms with Crippen LogP contribution >= 0.6 is 24.4 Å². The summed E-state index contributed by atoms with van der Waals surface area (Å²) < 4.78 is 4.56. The molecule has 0 aliphatic heterocycles. The molecule has 15 heavy (non-hydrogen) atoms. The monoisotopic (exact) mass is 254 g/mol. The van der Waals surface area contributed by atoms with Crippen molar-refractivity contribution in [2.75, 3.05) is 24.4 Å². The van der Waals surface area contributed by atoms with E-state index in [0.29, 0.717) is 11.5 Å². The zero-order valence-corrected chi connectivity index (χ0v) is 10.6. The van der Waals surface area contributed by atoms with Gasteiger partial charge in [-0.05, 0) is 0 Å². The molecule has 3 unspecified atom stereocenters. The highest BCUT2D eigenvalue weighted by molar-refractivity contribution is 7.99. The average molecular weight is 254 g/mol. The lowest BCUT2D eigenvalue weighted by molar-refractivity contribution is -0.143. The molecule has 0 radical (unpaired) electrons. The molecule has 0 spiro atoms. The molecule has 0 fully saturated rings. The van der Waals surface area contributed by atoms with Crippen LogP contribution in [-0.2, 0) is 9.53 Å². The Bertz CT molecular complexity index is 189. The van der Waals surface area contributed by atoms with Crippen LogP contribution in [0, 0.1) is 5.92 Å². The number of ether oxygens (including phenoxy) is 1. The minimum absolute atomic E-state index is 0.194.